The number of hydrogen-bond acceptors (Lipinski definition) is 5. The molecule has 0 saturated carbocycles. The predicted octanol–water partition coefficient (Wildman–Crippen LogP) is -0.108. The van der Waals surface area contributed by atoms with Gasteiger partial charge in [-0.25, -0.2) is 0 Å². The second-order valence-electron chi connectivity index (χ2n) is 6.76. The quantitative estimate of drug-likeness (QED) is 0.631. The number of nitrogens with one attached hydrogen (secondary N) is 2. The van der Waals surface area contributed by atoms with Crippen LogP contribution in [0.25, 0.3) is 0 Å². The number of aromatic nitrogens is 2. The van der Waals surface area contributed by atoms with Gasteiger partial charge in [-0.3, -0.25) is 14.3 Å². The lowest BCUT2D eigenvalue weighted by molar-refractivity contribution is 0.0931. The SMILES string of the molecule is CN(CCNC(=O)c1cc2n(n1)C[C@H](O)CNC2=O)CCc1ccccc1. The maximum Gasteiger partial charge on any atom is 0.271 e. The number of nitrogens with zero attached hydrogens (tertiary/aromatic N) is 3. The molecule has 3 N–H and O–H groups in total. The molecular formula is C19H25N5O3. The minimum atomic E-state index is -0.718. The third-order valence-corrected chi connectivity index (χ3v) is 4.53. The molecule has 0 bridgehead atoms. The number of β-amino-alcohol motifs (C(OH)–C–C–N with tert-alkyl or cyclic N) is 1. The molecule has 1 aromatic heterocycles. The lowest BCUT2D eigenvalue weighted by Gasteiger charge is -2.16. The summed E-state index contributed by atoms with van der Waals surface area (Å²) in [6, 6.07) is 11.7. The fourth-order valence-corrected chi connectivity index (χ4v) is 2.94. The van der Waals surface area contributed by atoms with Gasteiger partial charge in [0.05, 0.1) is 12.6 Å². The second kappa shape index (κ2) is 8.79. The number of fused-ring (bicyclic) bond motifs is 1. The van der Waals surface area contributed by atoms with Crippen LogP contribution in [0.5, 0.6) is 0 Å². The highest BCUT2D eigenvalue weighted by Crippen LogP contribution is 2.09. The van der Waals surface area contributed by atoms with E-state index in [0.29, 0.717) is 13.1 Å². The second-order valence-corrected chi connectivity index (χ2v) is 6.76. The zero-order valence-electron chi connectivity index (χ0n) is 15.4. The summed E-state index contributed by atoms with van der Waals surface area (Å²) < 4.78 is 1.38. The summed E-state index contributed by atoms with van der Waals surface area (Å²) in [5.41, 5.74) is 1.76. The third kappa shape index (κ3) is 5.15. The fourth-order valence-electron chi connectivity index (χ4n) is 2.94. The summed E-state index contributed by atoms with van der Waals surface area (Å²) in [7, 11) is 2.01. The summed E-state index contributed by atoms with van der Waals surface area (Å²) >= 11 is 0. The van der Waals surface area contributed by atoms with Crippen molar-refractivity contribution >= 4 is 11.8 Å². The molecule has 1 aliphatic heterocycles. The average molecular weight is 371 g/mol. The molecule has 2 aromatic rings. The Labute approximate surface area is 158 Å². The molecule has 3 rings (SSSR count). The number of aliphatic hydroxyl groups excluding tert-OH is 1. The van der Waals surface area contributed by atoms with E-state index in [0.717, 1.165) is 13.0 Å². The molecule has 144 valence electrons. The Kier molecular flexibility index (Phi) is 6.20. The number of carbonyl (C=O) groups excluding carboxylic acids is 2. The van der Waals surface area contributed by atoms with Crippen molar-refractivity contribution in [1.82, 2.24) is 25.3 Å². The first-order valence-corrected chi connectivity index (χ1v) is 9.07. The van der Waals surface area contributed by atoms with Crippen LogP contribution in [0, 0.1) is 0 Å². The molecule has 8 heteroatoms. The molecular weight excluding hydrogens is 346 g/mol. The molecule has 0 saturated heterocycles. The lowest BCUT2D eigenvalue weighted by Crippen LogP contribution is -2.34. The van der Waals surface area contributed by atoms with Crippen molar-refractivity contribution in [2.45, 2.75) is 19.1 Å². The molecule has 8 nitrogen and oxygen atoms in total. The van der Waals surface area contributed by atoms with Gasteiger partial charge in [0, 0.05) is 32.2 Å². The molecule has 27 heavy (non-hydrogen) atoms. The van der Waals surface area contributed by atoms with Crippen LogP contribution >= 0.6 is 0 Å². The van der Waals surface area contributed by atoms with E-state index in [-0.39, 0.29) is 36.3 Å². The van der Waals surface area contributed by atoms with Crippen molar-refractivity contribution in [3.8, 4) is 0 Å². The normalized spacial score (nSPS) is 16.6. The van der Waals surface area contributed by atoms with Crippen LogP contribution in [0.3, 0.4) is 0 Å². The van der Waals surface area contributed by atoms with Crippen molar-refractivity contribution in [3.05, 3.63) is 53.3 Å². The number of amides is 2. The Balaban J connectivity index is 1.46. The lowest BCUT2D eigenvalue weighted by atomic mass is 10.1. The Morgan fingerprint density at radius 3 is 2.93 bits per heavy atom. The molecule has 2 heterocycles. The van der Waals surface area contributed by atoms with E-state index >= 15 is 0 Å². The molecule has 0 aliphatic carbocycles. The Morgan fingerprint density at radius 1 is 1.37 bits per heavy atom. The molecule has 0 radical (unpaired) electrons. The molecule has 1 aromatic carbocycles. The number of carbonyl (C=O) groups is 2. The van der Waals surface area contributed by atoms with E-state index in [9.17, 15) is 14.7 Å². The standard InChI is InChI=1S/C19H25N5O3/c1-23(9-7-14-5-3-2-4-6-14)10-8-20-18(26)16-11-17-19(27)21-12-15(25)13-24(17)22-16/h2-6,11,15,25H,7-10,12-13H2,1H3,(H,20,26)(H,21,27)/t15-/m1/s1. The van der Waals surface area contributed by atoms with Crippen LogP contribution in [0.2, 0.25) is 0 Å². The highest BCUT2D eigenvalue weighted by Gasteiger charge is 2.24. The van der Waals surface area contributed by atoms with E-state index < -0.39 is 6.10 Å². The predicted molar refractivity (Wildman–Crippen MR) is 101 cm³/mol. The van der Waals surface area contributed by atoms with E-state index in [2.05, 4.69) is 32.8 Å². The molecule has 0 spiro atoms. The summed E-state index contributed by atoms with van der Waals surface area (Å²) in [5.74, 6) is -0.659. The maximum absolute atomic E-state index is 12.3. The van der Waals surface area contributed by atoms with Gasteiger partial charge in [0.1, 0.15) is 5.69 Å². The fraction of sp³-hybridized carbons (Fsp3) is 0.421. The molecule has 1 aliphatic rings. The average Bonchev–Trinajstić information content (AvgIpc) is 3.03. The van der Waals surface area contributed by atoms with Crippen molar-refractivity contribution in [3.63, 3.8) is 0 Å². The van der Waals surface area contributed by atoms with Crippen LogP contribution in [0.1, 0.15) is 26.5 Å². The minimum Gasteiger partial charge on any atom is -0.389 e. The number of hydrogen-bond donors (Lipinski definition) is 3. The van der Waals surface area contributed by atoms with Crippen molar-refractivity contribution in [1.29, 1.82) is 0 Å². The van der Waals surface area contributed by atoms with Gasteiger partial charge >= 0.3 is 0 Å². The number of likely N-dealkylation sites (N-methyl/N-ethyl adjacent to an activating group) is 1. The number of rotatable bonds is 7. The van der Waals surface area contributed by atoms with Gasteiger partial charge in [0.25, 0.3) is 11.8 Å². The van der Waals surface area contributed by atoms with Crippen LogP contribution in [-0.2, 0) is 13.0 Å². The largest absolute Gasteiger partial charge is 0.389 e. The molecule has 0 unspecified atom stereocenters. The minimum absolute atomic E-state index is 0.180. The Morgan fingerprint density at radius 2 is 2.15 bits per heavy atom. The topological polar surface area (TPSA) is 99.5 Å². The number of aliphatic hydroxyl groups is 1. The summed E-state index contributed by atoms with van der Waals surface area (Å²) in [4.78, 5) is 26.4. The molecule has 1 atom stereocenters. The van der Waals surface area contributed by atoms with Crippen molar-refractivity contribution in [2.75, 3.05) is 33.2 Å². The first-order chi connectivity index (χ1) is 13.0. The Bertz CT molecular complexity index is 790. The number of benzene rings is 1. The highest BCUT2D eigenvalue weighted by atomic mass is 16.3. The Hall–Kier alpha value is -2.71. The van der Waals surface area contributed by atoms with E-state index in [1.54, 1.807) is 0 Å². The first-order valence-electron chi connectivity index (χ1n) is 9.07. The van der Waals surface area contributed by atoms with Crippen LogP contribution < -0.4 is 10.6 Å². The first kappa shape index (κ1) is 19.1. The van der Waals surface area contributed by atoms with Gasteiger partial charge < -0.3 is 20.6 Å². The van der Waals surface area contributed by atoms with Gasteiger partial charge in [0.2, 0.25) is 0 Å². The van der Waals surface area contributed by atoms with Gasteiger partial charge in [-0.15, -0.1) is 0 Å². The zero-order chi connectivity index (χ0) is 19.2. The van der Waals surface area contributed by atoms with Crippen LogP contribution in [0.15, 0.2) is 36.4 Å². The van der Waals surface area contributed by atoms with Gasteiger partial charge in [-0.1, -0.05) is 30.3 Å². The summed E-state index contributed by atoms with van der Waals surface area (Å²) in [6.45, 7) is 2.46. The maximum atomic E-state index is 12.3. The molecule has 0 fully saturated rings. The van der Waals surface area contributed by atoms with Crippen LogP contribution in [0.4, 0.5) is 0 Å². The van der Waals surface area contributed by atoms with Crippen LogP contribution in [-0.4, -0.2) is 70.9 Å². The van der Waals surface area contributed by atoms with E-state index in [1.165, 1.54) is 16.3 Å². The summed E-state index contributed by atoms with van der Waals surface area (Å²) in [6.07, 6.45) is 0.237. The van der Waals surface area contributed by atoms with Crippen molar-refractivity contribution in [2.24, 2.45) is 0 Å². The molecule has 2 amide bonds. The summed E-state index contributed by atoms with van der Waals surface area (Å²) in [5, 5.41) is 19.3. The highest BCUT2D eigenvalue weighted by molar-refractivity contribution is 5.98. The van der Waals surface area contributed by atoms with Gasteiger partial charge in [0.15, 0.2) is 5.69 Å². The van der Waals surface area contributed by atoms with E-state index in [1.807, 2.05) is 25.2 Å². The van der Waals surface area contributed by atoms with Gasteiger partial charge in [-0.2, -0.15) is 5.10 Å². The third-order valence-electron chi connectivity index (χ3n) is 4.53. The van der Waals surface area contributed by atoms with E-state index in [4.69, 9.17) is 0 Å². The monoisotopic (exact) mass is 371 g/mol. The smallest absolute Gasteiger partial charge is 0.271 e. The van der Waals surface area contributed by atoms with Crippen molar-refractivity contribution < 1.29 is 14.7 Å². The zero-order valence-corrected chi connectivity index (χ0v) is 15.4. The van der Waals surface area contributed by atoms with Gasteiger partial charge in [-0.05, 0) is 19.0 Å².